The van der Waals surface area contributed by atoms with E-state index in [9.17, 15) is 4.79 Å². The Morgan fingerprint density at radius 1 is 1.35 bits per heavy atom. The Hall–Kier alpha value is -1.22. The summed E-state index contributed by atoms with van der Waals surface area (Å²) in [6.45, 7) is 3.69. The Labute approximate surface area is 104 Å². The lowest BCUT2D eigenvalue weighted by Crippen LogP contribution is -2.51. The third-order valence-electron chi connectivity index (χ3n) is 3.24. The number of hydrogen-bond donors (Lipinski definition) is 0. The van der Waals surface area contributed by atoms with Crippen LogP contribution in [0.2, 0.25) is 0 Å². The summed E-state index contributed by atoms with van der Waals surface area (Å²) in [6.07, 6.45) is 0. The van der Waals surface area contributed by atoms with Gasteiger partial charge in [0.1, 0.15) is 13.5 Å². The van der Waals surface area contributed by atoms with Crippen LogP contribution in [0.25, 0.3) is 0 Å². The number of anilines is 1. The van der Waals surface area contributed by atoms with Crippen molar-refractivity contribution in [3.63, 3.8) is 0 Å². The van der Waals surface area contributed by atoms with Crippen LogP contribution >= 0.6 is 0 Å². The Bertz CT molecular complexity index is 397. The summed E-state index contributed by atoms with van der Waals surface area (Å²) in [6, 6.07) is 8.21. The minimum absolute atomic E-state index is 0.111. The molecule has 17 heavy (non-hydrogen) atoms. The van der Waals surface area contributed by atoms with Gasteiger partial charge in [0.05, 0.1) is 13.2 Å². The van der Waals surface area contributed by atoms with Crippen molar-refractivity contribution in [1.82, 2.24) is 0 Å². The zero-order valence-electron chi connectivity index (χ0n) is 10.6. The molecule has 1 heterocycles. The maximum absolute atomic E-state index is 11.2. The van der Waals surface area contributed by atoms with Crippen LogP contribution in [0.5, 0.6) is 0 Å². The first-order valence-corrected chi connectivity index (χ1v) is 6.06. The summed E-state index contributed by atoms with van der Waals surface area (Å²) < 4.78 is 5.51. The number of morpholine rings is 1. The van der Waals surface area contributed by atoms with Crippen LogP contribution < -0.4 is 4.90 Å². The first-order valence-electron chi connectivity index (χ1n) is 6.06. The lowest BCUT2D eigenvalue weighted by Gasteiger charge is -2.41. The van der Waals surface area contributed by atoms with E-state index in [-0.39, 0.29) is 5.68 Å². The molecule has 0 aromatic heterocycles. The number of carbonyl (C=O) groups is 1. The molecule has 1 fully saturated rings. The molecule has 1 aromatic rings. The molecule has 2 rings (SSSR count). The highest BCUT2D eigenvalue weighted by Gasteiger charge is 2.25. The van der Waals surface area contributed by atoms with Crippen LogP contribution in [0.3, 0.4) is 0 Å². The van der Waals surface area contributed by atoms with Crippen molar-refractivity contribution in [1.29, 1.82) is 0 Å². The molecule has 0 N–H and O–H groups in total. The van der Waals surface area contributed by atoms with Crippen molar-refractivity contribution in [3.8, 4) is 0 Å². The second-order valence-electron chi connectivity index (χ2n) is 4.75. The van der Waals surface area contributed by atoms with E-state index in [1.54, 1.807) is 7.85 Å². The van der Waals surface area contributed by atoms with Gasteiger partial charge < -0.3 is 14.4 Å². The molecule has 5 heteroatoms. The van der Waals surface area contributed by atoms with Crippen molar-refractivity contribution < 1.29 is 9.53 Å². The van der Waals surface area contributed by atoms with Crippen molar-refractivity contribution in [2.45, 2.75) is 18.9 Å². The molecule has 1 aromatic carbocycles. The number of carbonyl (C=O) groups excluding carboxylic acids is 1. The normalized spacial score (nSPS) is 24.6. The SMILES string of the molecule is BC(=O)c1ccc(N2C(B)COCC2C)cc1. The van der Waals surface area contributed by atoms with Gasteiger partial charge in [-0.15, -0.1) is 0 Å². The van der Waals surface area contributed by atoms with Crippen LogP contribution in [0.15, 0.2) is 24.3 Å². The summed E-state index contributed by atoms with van der Waals surface area (Å²) in [5.41, 5.74) is 2.04. The summed E-state index contributed by atoms with van der Waals surface area (Å²) in [5.74, 6) is 0.377. The minimum atomic E-state index is 0.111. The summed E-state index contributed by atoms with van der Waals surface area (Å²) in [7, 11) is 3.75. The fourth-order valence-corrected chi connectivity index (χ4v) is 2.38. The van der Waals surface area contributed by atoms with Crippen molar-refractivity contribution in [3.05, 3.63) is 29.8 Å². The molecule has 88 valence electrons. The topological polar surface area (TPSA) is 29.5 Å². The summed E-state index contributed by atoms with van der Waals surface area (Å²) in [5, 5.41) is 0. The highest BCUT2D eigenvalue weighted by atomic mass is 16.5. The fraction of sp³-hybridized carbons (Fsp3) is 0.417. The molecule has 1 aliphatic rings. The van der Waals surface area contributed by atoms with Gasteiger partial charge in [-0.25, -0.2) is 0 Å². The second kappa shape index (κ2) is 4.96. The lowest BCUT2D eigenvalue weighted by molar-refractivity contribution is 0.0895. The number of ether oxygens (including phenoxy) is 1. The maximum atomic E-state index is 11.2. The third-order valence-corrected chi connectivity index (χ3v) is 3.24. The number of benzene rings is 1. The van der Waals surface area contributed by atoms with Crippen LogP contribution in [-0.4, -0.2) is 46.6 Å². The molecule has 0 saturated carbocycles. The number of nitrogens with zero attached hydrogens (tertiary/aromatic N) is 1. The molecule has 0 spiro atoms. The smallest absolute Gasteiger partial charge is 0.193 e. The fourth-order valence-electron chi connectivity index (χ4n) is 2.38. The van der Waals surface area contributed by atoms with Crippen molar-refractivity contribution in [2.75, 3.05) is 18.1 Å². The van der Waals surface area contributed by atoms with Gasteiger partial charge in [-0.1, -0.05) is 12.1 Å². The predicted molar refractivity (Wildman–Crippen MR) is 74.4 cm³/mol. The first-order chi connectivity index (χ1) is 8.09. The van der Waals surface area contributed by atoms with Gasteiger partial charge in [-0.05, 0) is 19.1 Å². The third kappa shape index (κ3) is 2.55. The molecule has 0 radical (unpaired) electrons. The summed E-state index contributed by atoms with van der Waals surface area (Å²) >= 11 is 0. The standard InChI is InChI=1S/C12H17B2NO2/c1-8-6-17-7-11(13)15(8)10-4-2-9(3-5-10)12(14)16/h2-5,8,11H,6-7,13-14H2,1H3. The molecule has 1 saturated heterocycles. The zero-order chi connectivity index (χ0) is 12.4. The molecular weight excluding hydrogens is 212 g/mol. The Morgan fingerprint density at radius 3 is 2.53 bits per heavy atom. The van der Waals surface area contributed by atoms with Gasteiger partial charge in [-0.2, -0.15) is 0 Å². The van der Waals surface area contributed by atoms with Gasteiger partial charge in [0.25, 0.3) is 0 Å². The molecule has 3 nitrogen and oxygen atoms in total. The molecule has 0 bridgehead atoms. The zero-order valence-corrected chi connectivity index (χ0v) is 10.6. The molecule has 0 aliphatic carbocycles. The van der Waals surface area contributed by atoms with E-state index < -0.39 is 0 Å². The molecular formula is C12H17B2NO2. The van der Waals surface area contributed by atoms with Crippen LogP contribution in [0.4, 0.5) is 5.69 Å². The maximum Gasteiger partial charge on any atom is 0.193 e. The van der Waals surface area contributed by atoms with Gasteiger partial charge in [0.2, 0.25) is 0 Å². The Balaban J connectivity index is 2.23. The monoisotopic (exact) mass is 229 g/mol. The molecule has 0 amide bonds. The molecule has 2 atom stereocenters. The molecule has 1 aliphatic heterocycles. The van der Waals surface area contributed by atoms with E-state index in [4.69, 9.17) is 4.74 Å². The minimum Gasteiger partial charge on any atom is -0.378 e. The average Bonchev–Trinajstić information content (AvgIpc) is 2.29. The van der Waals surface area contributed by atoms with Gasteiger partial charge in [0, 0.05) is 23.2 Å². The largest absolute Gasteiger partial charge is 0.378 e. The quantitative estimate of drug-likeness (QED) is 0.648. The van der Waals surface area contributed by atoms with Crippen LogP contribution in [-0.2, 0) is 4.74 Å². The van der Waals surface area contributed by atoms with E-state index in [0.29, 0.717) is 12.0 Å². The Kier molecular flexibility index (Phi) is 3.57. The van der Waals surface area contributed by atoms with Crippen molar-refractivity contribution in [2.24, 2.45) is 0 Å². The Morgan fingerprint density at radius 2 is 2.00 bits per heavy atom. The van der Waals surface area contributed by atoms with E-state index in [1.807, 2.05) is 24.3 Å². The number of hydrogen-bond acceptors (Lipinski definition) is 3. The van der Waals surface area contributed by atoms with Gasteiger partial charge in [0.15, 0.2) is 7.85 Å². The van der Waals surface area contributed by atoms with Crippen molar-refractivity contribution >= 4 is 27.1 Å². The van der Waals surface area contributed by atoms with E-state index in [1.165, 1.54) is 5.69 Å². The first kappa shape index (κ1) is 12.2. The average molecular weight is 229 g/mol. The van der Waals surface area contributed by atoms with E-state index in [2.05, 4.69) is 19.7 Å². The predicted octanol–water partition coefficient (Wildman–Crippen LogP) is -0.356. The number of rotatable bonds is 2. The lowest BCUT2D eigenvalue weighted by atomic mass is 9.91. The highest BCUT2D eigenvalue weighted by molar-refractivity contribution is 6.62. The van der Waals surface area contributed by atoms with Gasteiger partial charge in [-0.3, -0.25) is 0 Å². The van der Waals surface area contributed by atoms with Crippen LogP contribution in [0.1, 0.15) is 17.3 Å². The highest BCUT2D eigenvalue weighted by Crippen LogP contribution is 2.22. The second-order valence-corrected chi connectivity index (χ2v) is 4.75. The van der Waals surface area contributed by atoms with E-state index in [0.717, 1.165) is 18.8 Å². The summed E-state index contributed by atoms with van der Waals surface area (Å²) in [4.78, 5) is 13.6. The van der Waals surface area contributed by atoms with Gasteiger partial charge >= 0.3 is 0 Å². The van der Waals surface area contributed by atoms with Crippen LogP contribution in [0, 0.1) is 0 Å². The molecule has 2 unspecified atom stereocenters. The van der Waals surface area contributed by atoms with E-state index >= 15 is 0 Å².